The molecular weight excluding hydrogens is 382 g/mol. The van der Waals surface area contributed by atoms with Crippen molar-refractivity contribution >= 4 is 28.4 Å². The van der Waals surface area contributed by atoms with Crippen molar-refractivity contribution in [3.05, 3.63) is 36.8 Å². The Kier molecular flexibility index (Phi) is 5.97. The Hall–Kier alpha value is -3.36. The van der Waals surface area contributed by atoms with E-state index in [0.29, 0.717) is 6.54 Å². The summed E-state index contributed by atoms with van der Waals surface area (Å²) < 4.78 is 5.80. The number of hydrogen-bond donors (Lipinski definition) is 3. The molecule has 3 N–H and O–H groups in total. The molecule has 0 bridgehead atoms. The average molecular weight is 409 g/mol. The molecule has 3 aromatic rings. The number of nitrogens with one attached hydrogen (secondary N) is 3. The first-order chi connectivity index (χ1) is 14.6. The van der Waals surface area contributed by atoms with Crippen LogP contribution in [0.25, 0.3) is 11.0 Å². The number of benzene rings is 1. The molecule has 0 radical (unpaired) electrons. The molecule has 1 saturated heterocycles. The first-order valence-corrected chi connectivity index (χ1v) is 10.3. The molecular formula is C21H27N7O2. The number of anilines is 2. The number of fused-ring (bicyclic) bond motifs is 1. The number of rotatable bonds is 7. The summed E-state index contributed by atoms with van der Waals surface area (Å²) in [6.45, 7) is 5.74. The third-order valence-electron chi connectivity index (χ3n) is 5.00. The van der Waals surface area contributed by atoms with Crippen LogP contribution in [-0.2, 0) is 4.79 Å². The number of aromatic amines is 1. The fraction of sp³-hybridized carbons (Fsp3) is 0.429. The van der Waals surface area contributed by atoms with Gasteiger partial charge in [-0.1, -0.05) is 12.1 Å². The van der Waals surface area contributed by atoms with E-state index in [0.717, 1.165) is 47.7 Å². The summed E-state index contributed by atoms with van der Waals surface area (Å²) in [6, 6.07) is 7.72. The molecule has 0 aliphatic carbocycles. The van der Waals surface area contributed by atoms with Crippen molar-refractivity contribution in [2.24, 2.45) is 0 Å². The molecule has 0 unspecified atom stereocenters. The maximum Gasteiger partial charge on any atom is 0.239 e. The van der Waals surface area contributed by atoms with Crippen LogP contribution in [0.3, 0.4) is 0 Å². The minimum Gasteiger partial charge on any atom is -0.489 e. The van der Waals surface area contributed by atoms with E-state index in [-0.39, 0.29) is 24.6 Å². The van der Waals surface area contributed by atoms with Gasteiger partial charge in [0, 0.05) is 19.1 Å². The van der Waals surface area contributed by atoms with Gasteiger partial charge in [-0.25, -0.2) is 9.97 Å². The number of amides is 1. The predicted molar refractivity (Wildman–Crippen MR) is 116 cm³/mol. The van der Waals surface area contributed by atoms with E-state index in [2.05, 4.69) is 35.7 Å². The topological polar surface area (TPSA) is 108 Å². The van der Waals surface area contributed by atoms with E-state index in [9.17, 15) is 4.79 Å². The number of H-pyrrole nitrogens is 1. The van der Waals surface area contributed by atoms with Gasteiger partial charge in [0.25, 0.3) is 0 Å². The summed E-state index contributed by atoms with van der Waals surface area (Å²) >= 11 is 0. The molecule has 30 heavy (non-hydrogen) atoms. The highest BCUT2D eigenvalue weighted by atomic mass is 16.5. The molecule has 158 valence electrons. The lowest BCUT2D eigenvalue weighted by atomic mass is 10.1. The number of carbonyl (C=O) groups excluding carboxylic acids is 1. The Balaban J connectivity index is 1.34. The molecule has 1 aromatic carbocycles. The first-order valence-electron chi connectivity index (χ1n) is 10.3. The number of piperidine rings is 1. The van der Waals surface area contributed by atoms with Crippen LogP contribution >= 0.6 is 0 Å². The monoisotopic (exact) mass is 409 g/mol. The molecule has 0 spiro atoms. The van der Waals surface area contributed by atoms with Crippen LogP contribution in [0, 0.1) is 0 Å². The summed E-state index contributed by atoms with van der Waals surface area (Å²) in [4.78, 5) is 23.4. The third-order valence-corrected chi connectivity index (χ3v) is 5.00. The Morgan fingerprint density at radius 3 is 3.07 bits per heavy atom. The highest BCUT2D eigenvalue weighted by molar-refractivity contribution is 5.86. The van der Waals surface area contributed by atoms with E-state index < -0.39 is 0 Å². The molecule has 0 saturated carbocycles. The van der Waals surface area contributed by atoms with Gasteiger partial charge in [0.15, 0.2) is 5.65 Å². The fourth-order valence-electron chi connectivity index (χ4n) is 3.72. The normalized spacial score (nSPS) is 16.6. The molecule has 1 atom stereocenters. The van der Waals surface area contributed by atoms with Crippen molar-refractivity contribution in [1.29, 1.82) is 0 Å². The van der Waals surface area contributed by atoms with Gasteiger partial charge >= 0.3 is 0 Å². The van der Waals surface area contributed by atoms with Crippen molar-refractivity contribution in [3.63, 3.8) is 0 Å². The Morgan fingerprint density at radius 2 is 2.20 bits per heavy atom. The Morgan fingerprint density at radius 1 is 1.33 bits per heavy atom. The smallest absolute Gasteiger partial charge is 0.239 e. The zero-order chi connectivity index (χ0) is 20.9. The predicted octanol–water partition coefficient (Wildman–Crippen LogP) is 2.34. The zero-order valence-electron chi connectivity index (χ0n) is 17.3. The van der Waals surface area contributed by atoms with Gasteiger partial charge in [0.2, 0.25) is 5.91 Å². The summed E-state index contributed by atoms with van der Waals surface area (Å²) in [5, 5.41) is 14.2. The van der Waals surface area contributed by atoms with Crippen molar-refractivity contribution in [2.45, 2.75) is 38.8 Å². The second kappa shape index (κ2) is 8.98. The van der Waals surface area contributed by atoms with Crippen molar-refractivity contribution in [2.75, 3.05) is 29.9 Å². The summed E-state index contributed by atoms with van der Waals surface area (Å²) in [5.74, 6) is 1.56. The minimum absolute atomic E-state index is 0.0441. The minimum atomic E-state index is -0.0441. The second-order valence-corrected chi connectivity index (χ2v) is 7.70. The van der Waals surface area contributed by atoms with Crippen LogP contribution in [0.4, 0.5) is 11.5 Å². The van der Waals surface area contributed by atoms with Gasteiger partial charge in [0.1, 0.15) is 17.9 Å². The van der Waals surface area contributed by atoms with Gasteiger partial charge < -0.3 is 20.3 Å². The first kappa shape index (κ1) is 19.9. The number of ether oxygens (including phenoxy) is 1. The number of para-hydroxylation sites is 2. The van der Waals surface area contributed by atoms with Gasteiger partial charge in [-0.05, 0) is 38.8 Å². The molecule has 1 aliphatic rings. The number of nitrogens with zero attached hydrogens (tertiary/aromatic N) is 4. The van der Waals surface area contributed by atoms with Gasteiger partial charge in [-0.3, -0.25) is 9.89 Å². The molecule has 9 heteroatoms. The van der Waals surface area contributed by atoms with E-state index in [4.69, 9.17) is 4.74 Å². The van der Waals surface area contributed by atoms with Crippen LogP contribution in [0.5, 0.6) is 5.75 Å². The highest BCUT2D eigenvalue weighted by Gasteiger charge is 2.24. The average Bonchev–Trinajstić information content (AvgIpc) is 3.22. The zero-order valence-corrected chi connectivity index (χ0v) is 17.3. The highest BCUT2D eigenvalue weighted by Crippen LogP contribution is 2.25. The molecule has 1 amide bonds. The molecule has 4 rings (SSSR count). The van der Waals surface area contributed by atoms with E-state index >= 15 is 0 Å². The van der Waals surface area contributed by atoms with E-state index in [1.165, 1.54) is 0 Å². The lowest BCUT2D eigenvalue weighted by molar-refractivity contribution is -0.120. The lowest BCUT2D eigenvalue weighted by Crippen LogP contribution is -2.49. The van der Waals surface area contributed by atoms with Crippen molar-refractivity contribution in [3.8, 4) is 5.75 Å². The maximum atomic E-state index is 12.6. The quantitative estimate of drug-likeness (QED) is 0.550. The Bertz CT molecular complexity index is 1000. The maximum absolute atomic E-state index is 12.6. The number of aromatic nitrogens is 4. The summed E-state index contributed by atoms with van der Waals surface area (Å²) in [6.07, 6.45) is 5.27. The molecule has 2 aromatic heterocycles. The second-order valence-electron chi connectivity index (χ2n) is 7.70. The fourth-order valence-corrected chi connectivity index (χ4v) is 3.72. The molecule has 1 aliphatic heterocycles. The number of hydrogen-bond acceptors (Lipinski definition) is 7. The van der Waals surface area contributed by atoms with E-state index in [1.807, 2.05) is 38.1 Å². The van der Waals surface area contributed by atoms with E-state index in [1.54, 1.807) is 12.5 Å². The van der Waals surface area contributed by atoms with Crippen LogP contribution in [0.1, 0.15) is 26.7 Å². The van der Waals surface area contributed by atoms with Crippen molar-refractivity contribution < 1.29 is 9.53 Å². The van der Waals surface area contributed by atoms with Crippen LogP contribution < -0.4 is 20.3 Å². The molecule has 1 fully saturated rings. The molecule has 9 nitrogen and oxygen atoms in total. The van der Waals surface area contributed by atoms with Gasteiger partial charge in [-0.2, -0.15) is 5.10 Å². The summed E-state index contributed by atoms with van der Waals surface area (Å²) in [7, 11) is 0. The van der Waals surface area contributed by atoms with Crippen LogP contribution in [-0.4, -0.2) is 57.9 Å². The van der Waals surface area contributed by atoms with Gasteiger partial charge in [-0.15, -0.1) is 0 Å². The number of carbonyl (C=O) groups is 1. The van der Waals surface area contributed by atoms with Gasteiger partial charge in [0.05, 0.1) is 29.9 Å². The molecule has 3 heterocycles. The lowest BCUT2D eigenvalue weighted by Gasteiger charge is -2.34. The third kappa shape index (κ3) is 4.61. The SMILES string of the molecule is CC(C)Oc1ccccc1NCC(=O)N[C@@H]1CCCN(c2ncnc3[nH]ncc23)C1. The largest absolute Gasteiger partial charge is 0.489 e. The Labute approximate surface area is 175 Å². The van der Waals surface area contributed by atoms with Crippen LogP contribution in [0.15, 0.2) is 36.8 Å². The standard InChI is InChI=1S/C21H27N7O2/c1-14(2)30-18-8-4-3-7-17(18)22-11-19(29)26-15-6-5-9-28(12-15)21-16-10-25-27-20(16)23-13-24-21/h3-4,7-8,10,13-15,22H,5-6,9,11-12H2,1-2H3,(H,26,29)(H,23,24,25,27)/t15-/m1/s1. The van der Waals surface area contributed by atoms with Crippen molar-refractivity contribution in [1.82, 2.24) is 25.5 Å². The van der Waals surface area contributed by atoms with Crippen LogP contribution in [0.2, 0.25) is 0 Å². The summed E-state index contributed by atoms with van der Waals surface area (Å²) in [5.41, 5.74) is 1.53.